The number of aromatic amines is 1. The zero-order chi connectivity index (χ0) is 21.4. The van der Waals surface area contributed by atoms with Crippen LogP contribution < -0.4 is 5.32 Å². The maximum absolute atomic E-state index is 10.6. The lowest BCUT2D eigenvalue weighted by Gasteiger charge is -2.06. The summed E-state index contributed by atoms with van der Waals surface area (Å²) in [7, 11) is 0. The second kappa shape index (κ2) is 7.23. The number of rotatable bonds is 4. The Morgan fingerprint density at radius 3 is 2.81 bits per heavy atom. The number of hydrogen-bond donors (Lipinski definition) is 3. The molecule has 31 heavy (non-hydrogen) atoms. The third-order valence-electron chi connectivity index (χ3n) is 4.83. The van der Waals surface area contributed by atoms with Crippen molar-refractivity contribution in [2.45, 2.75) is 6.92 Å². The Labute approximate surface area is 175 Å². The number of hydrogen-bond acceptors (Lipinski definition) is 8. The van der Waals surface area contributed by atoms with Gasteiger partial charge in [-0.3, -0.25) is 10.1 Å². The maximum Gasteiger partial charge on any atom is 0.196 e. The molecule has 4 heterocycles. The number of aryl methyl sites for hydroxylation is 1. The molecule has 0 amide bonds. The lowest BCUT2D eigenvalue weighted by molar-refractivity contribution is 0.480. The van der Waals surface area contributed by atoms with Gasteiger partial charge >= 0.3 is 0 Å². The smallest absolute Gasteiger partial charge is 0.196 e. The van der Waals surface area contributed by atoms with E-state index in [1.54, 1.807) is 47.4 Å². The first-order chi connectivity index (χ1) is 15.1. The molecule has 4 aromatic heterocycles. The highest BCUT2D eigenvalue weighted by atomic mass is 16.3. The number of aromatic nitrogens is 7. The van der Waals surface area contributed by atoms with Crippen LogP contribution in [-0.4, -0.2) is 40.0 Å². The molecule has 0 saturated heterocycles. The van der Waals surface area contributed by atoms with Crippen LogP contribution in [0.2, 0.25) is 0 Å². The Morgan fingerprint density at radius 2 is 2.00 bits per heavy atom. The molecule has 5 rings (SSSR count). The van der Waals surface area contributed by atoms with Gasteiger partial charge in [-0.15, -0.1) is 0 Å². The summed E-state index contributed by atoms with van der Waals surface area (Å²) < 4.78 is 1.69. The Balaban J connectivity index is 1.46. The van der Waals surface area contributed by atoms with E-state index < -0.39 is 0 Å². The van der Waals surface area contributed by atoms with Crippen molar-refractivity contribution in [2.75, 3.05) is 5.32 Å². The summed E-state index contributed by atoms with van der Waals surface area (Å²) in [5.74, 6) is 1.14. The molecule has 0 aliphatic heterocycles. The largest absolute Gasteiger partial charge is 0.503 e. The zero-order valence-corrected chi connectivity index (χ0v) is 16.3. The van der Waals surface area contributed by atoms with Crippen molar-refractivity contribution in [1.29, 1.82) is 5.26 Å². The summed E-state index contributed by atoms with van der Waals surface area (Å²) in [6.07, 6.45) is 4.86. The molecule has 0 spiro atoms. The molecule has 10 nitrogen and oxygen atoms in total. The van der Waals surface area contributed by atoms with Crippen LogP contribution in [0.1, 0.15) is 11.3 Å². The van der Waals surface area contributed by atoms with Crippen molar-refractivity contribution >= 4 is 22.5 Å². The minimum Gasteiger partial charge on any atom is -0.503 e. The molecule has 5 aromatic rings. The molecular weight excluding hydrogens is 394 g/mol. The molecule has 0 aliphatic carbocycles. The third kappa shape index (κ3) is 3.20. The molecular formula is C21H15N9O. The van der Waals surface area contributed by atoms with Crippen LogP contribution in [0.5, 0.6) is 5.75 Å². The van der Waals surface area contributed by atoms with E-state index in [0.717, 1.165) is 16.6 Å². The fourth-order valence-electron chi connectivity index (χ4n) is 3.28. The number of anilines is 2. The van der Waals surface area contributed by atoms with Crippen molar-refractivity contribution in [3.63, 3.8) is 0 Å². The van der Waals surface area contributed by atoms with Gasteiger partial charge in [-0.1, -0.05) is 12.1 Å². The second-order valence-electron chi connectivity index (χ2n) is 6.76. The lowest BCUT2D eigenvalue weighted by atomic mass is 10.1. The first-order valence-corrected chi connectivity index (χ1v) is 9.30. The van der Waals surface area contributed by atoms with Gasteiger partial charge in [-0.25, -0.2) is 14.6 Å². The van der Waals surface area contributed by atoms with E-state index in [4.69, 9.17) is 5.26 Å². The molecule has 0 radical (unpaired) electrons. The van der Waals surface area contributed by atoms with Gasteiger partial charge in [0.15, 0.2) is 17.4 Å². The minimum atomic E-state index is -0.0607. The number of benzene rings is 1. The number of nitriles is 1. The molecule has 0 aliphatic rings. The van der Waals surface area contributed by atoms with Crippen LogP contribution in [0.4, 0.5) is 11.6 Å². The van der Waals surface area contributed by atoms with Crippen LogP contribution in [-0.2, 0) is 0 Å². The number of pyridine rings is 1. The van der Waals surface area contributed by atoms with E-state index in [0.29, 0.717) is 28.5 Å². The summed E-state index contributed by atoms with van der Waals surface area (Å²) in [5, 5.41) is 35.0. The topological polar surface area (TPSA) is 141 Å². The van der Waals surface area contributed by atoms with Crippen LogP contribution >= 0.6 is 0 Å². The van der Waals surface area contributed by atoms with E-state index in [1.165, 1.54) is 6.33 Å². The molecule has 150 valence electrons. The van der Waals surface area contributed by atoms with Gasteiger partial charge in [0, 0.05) is 23.2 Å². The van der Waals surface area contributed by atoms with Crippen LogP contribution in [0, 0.1) is 18.3 Å². The fraction of sp³-hybridized carbons (Fsp3) is 0.0476. The highest BCUT2D eigenvalue weighted by Crippen LogP contribution is 2.34. The maximum atomic E-state index is 10.6. The van der Waals surface area contributed by atoms with Gasteiger partial charge in [0.2, 0.25) is 0 Å². The Morgan fingerprint density at radius 1 is 1.16 bits per heavy atom. The zero-order valence-electron chi connectivity index (χ0n) is 16.3. The number of nitrogens with zero attached hydrogens (tertiary/aromatic N) is 7. The van der Waals surface area contributed by atoms with Crippen LogP contribution in [0.15, 0.2) is 55.1 Å². The van der Waals surface area contributed by atoms with Gasteiger partial charge in [0.1, 0.15) is 17.8 Å². The van der Waals surface area contributed by atoms with Crippen LogP contribution in [0.25, 0.3) is 28.0 Å². The lowest BCUT2D eigenvalue weighted by Crippen LogP contribution is -2.03. The normalized spacial score (nSPS) is 10.8. The first-order valence-electron chi connectivity index (χ1n) is 9.30. The van der Waals surface area contributed by atoms with Gasteiger partial charge in [0.25, 0.3) is 0 Å². The SMILES string of the molecule is Cc1nn(-c2cc(Nc3n[nH]c(-c4ccc(C#N)cc4)c3O)ncn2)c2cnccc12. The van der Waals surface area contributed by atoms with Crippen molar-refractivity contribution < 1.29 is 5.11 Å². The molecule has 0 saturated carbocycles. The molecule has 0 fully saturated rings. The second-order valence-corrected chi connectivity index (χ2v) is 6.76. The van der Waals surface area contributed by atoms with Crippen molar-refractivity contribution in [1.82, 2.24) is 34.9 Å². The van der Waals surface area contributed by atoms with E-state index in [2.05, 4.69) is 41.6 Å². The van der Waals surface area contributed by atoms with E-state index in [1.807, 2.05) is 13.0 Å². The summed E-state index contributed by atoms with van der Waals surface area (Å²) >= 11 is 0. The fourth-order valence-corrected chi connectivity index (χ4v) is 3.28. The average molecular weight is 409 g/mol. The Bertz CT molecular complexity index is 1440. The molecule has 3 N–H and O–H groups in total. The third-order valence-corrected chi connectivity index (χ3v) is 4.83. The Hall–Kier alpha value is -4.78. The summed E-state index contributed by atoms with van der Waals surface area (Å²) in [6, 6.07) is 12.5. The van der Waals surface area contributed by atoms with Gasteiger partial charge < -0.3 is 10.4 Å². The van der Waals surface area contributed by atoms with Gasteiger partial charge in [-0.05, 0) is 25.1 Å². The number of nitrogens with one attached hydrogen (secondary N) is 2. The predicted octanol–water partition coefficient (Wildman–Crippen LogP) is 3.23. The van der Waals surface area contributed by atoms with Crippen LogP contribution in [0.3, 0.4) is 0 Å². The monoisotopic (exact) mass is 409 g/mol. The molecule has 0 unspecified atom stereocenters. The van der Waals surface area contributed by atoms with Gasteiger partial charge in [-0.2, -0.15) is 15.5 Å². The van der Waals surface area contributed by atoms with Crippen molar-refractivity contribution in [3.8, 4) is 28.9 Å². The van der Waals surface area contributed by atoms with Crippen molar-refractivity contribution in [3.05, 3.63) is 66.4 Å². The van der Waals surface area contributed by atoms with E-state index in [-0.39, 0.29) is 11.6 Å². The molecule has 10 heteroatoms. The highest BCUT2D eigenvalue weighted by Gasteiger charge is 2.16. The molecule has 0 atom stereocenters. The minimum absolute atomic E-state index is 0.0607. The average Bonchev–Trinajstić information content (AvgIpc) is 3.34. The molecule has 0 bridgehead atoms. The first kappa shape index (κ1) is 18.3. The summed E-state index contributed by atoms with van der Waals surface area (Å²) in [5.41, 5.74) is 3.36. The number of H-pyrrole nitrogens is 1. The quantitative estimate of drug-likeness (QED) is 0.411. The van der Waals surface area contributed by atoms with Gasteiger partial charge in [0.05, 0.1) is 29.0 Å². The molecule has 1 aromatic carbocycles. The van der Waals surface area contributed by atoms with E-state index in [9.17, 15) is 5.11 Å². The Kier molecular flexibility index (Phi) is 4.26. The number of aromatic hydroxyl groups is 1. The summed E-state index contributed by atoms with van der Waals surface area (Å²) in [6.45, 7) is 1.92. The number of fused-ring (bicyclic) bond motifs is 1. The highest BCUT2D eigenvalue weighted by molar-refractivity contribution is 5.82. The standard InChI is InChI=1S/C21H15N9O/c1-12-15-6-7-23-10-16(15)30(29-12)18-8-17(24-11-25-18)26-21-20(31)19(27-28-21)14-4-2-13(9-22)3-5-14/h2-8,10-11,31H,1H3,(H2,24,25,26,27,28). The van der Waals surface area contributed by atoms with Crippen molar-refractivity contribution in [2.24, 2.45) is 0 Å². The van der Waals surface area contributed by atoms with E-state index >= 15 is 0 Å². The predicted molar refractivity (Wildman–Crippen MR) is 113 cm³/mol. The summed E-state index contributed by atoms with van der Waals surface area (Å²) in [4.78, 5) is 12.7.